The molecule has 0 aromatic carbocycles. The minimum absolute atomic E-state index is 0.0150. The molecule has 2 bridgehead atoms. The molecule has 0 saturated heterocycles. The smallest absolute Gasteiger partial charge is 0.142 e. The van der Waals surface area contributed by atoms with Gasteiger partial charge in [0.1, 0.15) is 5.78 Å². The van der Waals surface area contributed by atoms with Crippen LogP contribution in [0.4, 0.5) is 0 Å². The molecule has 0 amide bonds. The number of pyridine rings is 1. The Labute approximate surface area is 175 Å². The second-order valence-electron chi connectivity index (χ2n) is 10.7. The Morgan fingerprint density at radius 2 is 1.83 bits per heavy atom. The summed E-state index contributed by atoms with van der Waals surface area (Å²) in [6.07, 6.45) is 8.56. The third kappa shape index (κ3) is 2.93. The molecular weight excluding hydrogens is 362 g/mol. The fraction of sp³-hybridized carbons (Fsp3) is 0.760. The van der Waals surface area contributed by atoms with Gasteiger partial charge >= 0.3 is 0 Å². The molecule has 3 saturated carbocycles. The van der Waals surface area contributed by atoms with Gasteiger partial charge in [0.05, 0.1) is 12.2 Å². The third-order valence-electron chi connectivity index (χ3n) is 9.52. The number of rotatable bonds is 3. The van der Waals surface area contributed by atoms with E-state index in [2.05, 4.69) is 32.7 Å². The van der Waals surface area contributed by atoms with Gasteiger partial charge in [0, 0.05) is 36.3 Å². The summed E-state index contributed by atoms with van der Waals surface area (Å²) in [5, 5.41) is 11.7. The van der Waals surface area contributed by atoms with Crippen LogP contribution in [0.3, 0.4) is 0 Å². The SMILES string of the molecule is COC1CCC23CC[C@@H](C)[C@](C)(C12)[C@H](O)C[C@@](C)(Cc1ccncc1)C(=O)[C@@H]3C. The van der Waals surface area contributed by atoms with E-state index in [4.69, 9.17) is 4.74 Å². The maximum atomic E-state index is 14.0. The molecule has 3 aliphatic carbocycles. The monoisotopic (exact) mass is 399 g/mol. The quantitative estimate of drug-likeness (QED) is 0.816. The van der Waals surface area contributed by atoms with Crippen LogP contribution >= 0.6 is 0 Å². The molecule has 4 heteroatoms. The van der Waals surface area contributed by atoms with Gasteiger partial charge in [0.2, 0.25) is 0 Å². The molecule has 1 heterocycles. The van der Waals surface area contributed by atoms with Gasteiger partial charge in [-0.3, -0.25) is 9.78 Å². The number of aromatic nitrogens is 1. The summed E-state index contributed by atoms with van der Waals surface area (Å²) in [6, 6.07) is 3.99. The van der Waals surface area contributed by atoms with Crippen molar-refractivity contribution in [1.29, 1.82) is 0 Å². The normalized spacial score (nSPS) is 47.4. The summed E-state index contributed by atoms with van der Waals surface area (Å²) in [7, 11) is 1.80. The maximum Gasteiger partial charge on any atom is 0.142 e. The minimum Gasteiger partial charge on any atom is -0.393 e. The van der Waals surface area contributed by atoms with Crippen LogP contribution in [0, 0.1) is 34.0 Å². The summed E-state index contributed by atoms with van der Waals surface area (Å²) < 4.78 is 5.97. The Morgan fingerprint density at radius 3 is 2.48 bits per heavy atom. The van der Waals surface area contributed by atoms with Gasteiger partial charge in [-0.1, -0.05) is 27.7 Å². The van der Waals surface area contributed by atoms with Gasteiger partial charge in [-0.05, 0) is 73.5 Å². The second kappa shape index (κ2) is 7.16. The molecule has 8 atom stereocenters. The summed E-state index contributed by atoms with van der Waals surface area (Å²) in [4.78, 5) is 18.1. The fourth-order valence-electron chi connectivity index (χ4n) is 7.64. The average molecular weight is 400 g/mol. The molecule has 1 aromatic rings. The molecule has 29 heavy (non-hydrogen) atoms. The molecule has 3 aliphatic rings. The van der Waals surface area contributed by atoms with Gasteiger partial charge in [0.15, 0.2) is 0 Å². The predicted molar refractivity (Wildman–Crippen MR) is 113 cm³/mol. The number of aliphatic hydroxyl groups is 1. The van der Waals surface area contributed by atoms with Crippen molar-refractivity contribution >= 4 is 5.78 Å². The van der Waals surface area contributed by atoms with Crippen molar-refractivity contribution in [2.24, 2.45) is 34.0 Å². The largest absolute Gasteiger partial charge is 0.393 e. The molecule has 4 rings (SSSR count). The van der Waals surface area contributed by atoms with E-state index in [1.165, 1.54) is 0 Å². The molecule has 0 aliphatic heterocycles. The number of hydrogen-bond acceptors (Lipinski definition) is 4. The van der Waals surface area contributed by atoms with E-state index >= 15 is 0 Å². The van der Waals surface area contributed by atoms with Gasteiger partial charge < -0.3 is 9.84 Å². The van der Waals surface area contributed by atoms with Crippen molar-refractivity contribution in [2.75, 3.05) is 7.11 Å². The van der Waals surface area contributed by atoms with Crippen molar-refractivity contribution in [1.82, 2.24) is 4.98 Å². The molecule has 0 spiro atoms. The lowest BCUT2D eigenvalue weighted by molar-refractivity contribution is -0.191. The summed E-state index contributed by atoms with van der Waals surface area (Å²) in [6.45, 7) is 8.84. The molecule has 3 fully saturated rings. The Hall–Kier alpha value is -1.26. The van der Waals surface area contributed by atoms with Crippen molar-refractivity contribution in [3.63, 3.8) is 0 Å². The predicted octanol–water partition coefficient (Wildman–Crippen LogP) is 4.45. The Morgan fingerprint density at radius 1 is 1.17 bits per heavy atom. The number of carbonyl (C=O) groups is 1. The first-order valence-corrected chi connectivity index (χ1v) is 11.3. The Balaban J connectivity index is 1.81. The second-order valence-corrected chi connectivity index (χ2v) is 10.7. The van der Waals surface area contributed by atoms with Gasteiger partial charge in [0.25, 0.3) is 0 Å². The van der Waals surface area contributed by atoms with Crippen LogP contribution < -0.4 is 0 Å². The van der Waals surface area contributed by atoms with E-state index in [9.17, 15) is 9.90 Å². The zero-order valence-corrected chi connectivity index (χ0v) is 18.6. The van der Waals surface area contributed by atoms with Crippen LogP contribution in [0.25, 0.3) is 0 Å². The highest BCUT2D eigenvalue weighted by molar-refractivity contribution is 5.88. The molecule has 4 nitrogen and oxygen atoms in total. The molecule has 0 radical (unpaired) electrons. The van der Waals surface area contributed by atoms with Crippen LogP contribution in [-0.2, 0) is 16.0 Å². The lowest BCUT2D eigenvalue weighted by Crippen LogP contribution is -2.62. The maximum absolute atomic E-state index is 14.0. The molecule has 1 N–H and O–H groups in total. The number of ketones is 1. The van der Waals surface area contributed by atoms with Crippen LogP contribution in [-0.4, -0.2) is 35.2 Å². The number of carbonyl (C=O) groups excluding carboxylic acids is 1. The first kappa shape index (κ1) is 21.0. The van der Waals surface area contributed by atoms with Crippen molar-refractivity contribution in [2.45, 2.75) is 78.4 Å². The fourth-order valence-corrected chi connectivity index (χ4v) is 7.64. The van der Waals surface area contributed by atoms with Crippen molar-refractivity contribution in [3.8, 4) is 0 Å². The van der Waals surface area contributed by atoms with Gasteiger partial charge in [-0.2, -0.15) is 0 Å². The minimum atomic E-state index is -0.568. The highest BCUT2D eigenvalue weighted by atomic mass is 16.5. The number of nitrogens with zero attached hydrogens (tertiary/aromatic N) is 1. The summed E-state index contributed by atoms with van der Waals surface area (Å²) >= 11 is 0. The van der Waals surface area contributed by atoms with Crippen molar-refractivity contribution < 1.29 is 14.6 Å². The first-order chi connectivity index (χ1) is 13.7. The number of aliphatic hydroxyl groups excluding tert-OH is 1. The molecule has 160 valence electrons. The summed E-state index contributed by atoms with van der Waals surface area (Å²) in [5.41, 5.74) is 0.264. The van der Waals surface area contributed by atoms with Gasteiger partial charge in [-0.15, -0.1) is 0 Å². The van der Waals surface area contributed by atoms with E-state index < -0.39 is 11.5 Å². The van der Waals surface area contributed by atoms with Crippen LogP contribution in [0.5, 0.6) is 0 Å². The Kier molecular flexibility index (Phi) is 5.18. The van der Waals surface area contributed by atoms with Crippen LogP contribution in [0.2, 0.25) is 0 Å². The molecular formula is C25H37NO3. The zero-order chi connectivity index (χ0) is 21.0. The first-order valence-electron chi connectivity index (χ1n) is 11.3. The Bertz CT molecular complexity index is 767. The van der Waals surface area contributed by atoms with E-state index in [1.54, 1.807) is 19.5 Å². The standard InChI is InChI=1S/C25H37NO3/c1-16-6-10-25-11-7-19(29-5)21(25)24(16,4)20(27)15-23(3,22(28)17(25)2)14-18-8-12-26-13-9-18/h8-9,12-13,16-17,19-21,27H,6-7,10-11,14-15H2,1-5H3/t16-,17+,19?,20-,21?,23-,24+,25?/m1/s1. The number of ether oxygens (including phenoxy) is 1. The number of methoxy groups -OCH3 is 1. The topological polar surface area (TPSA) is 59.4 Å². The van der Waals surface area contributed by atoms with E-state index in [-0.39, 0.29) is 28.8 Å². The molecule has 3 unspecified atom stereocenters. The number of Topliss-reactive ketones (excluding diaryl/α,β-unsaturated/α-hetero) is 1. The lowest BCUT2D eigenvalue weighted by Gasteiger charge is -2.61. The highest BCUT2D eigenvalue weighted by Gasteiger charge is 2.67. The van der Waals surface area contributed by atoms with Crippen LogP contribution in [0.15, 0.2) is 24.5 Å². The van der Waals surface area contributed by atoms with E-state index in [0.29, 0.717) is 24.5 Å². The van der Waals surface area contributed by atoms with Gasteiger partial charge in [-0.25, -0.2) is 0 Å². The van der Waals surface area contributed by atoms with E-state index in [1.807, 2.05) is 12.1 Å². The lowest BCUT2D eigenvalue weighted by atomic mass is 9.43. The molecule has 1 aromatic heterocycles. The number of hydrogen-bond donors (Lipinski definition) is 1. The summed E-state index contributed by atoms with van der Waals surface area (Å²) in [5.74, 6) is 0.964. The zero-order valence-electron chi connectivity index (χ0n) is 18.6. The van der Waals surface area contributed by atoms with E-state index in [0.717, 1.165) is 31.2 Å². The van der Waals surface area contributed by atoms with Crippen molar-refractivity contribution in [3.05, 3.63) is 30.1 Å². The van der Waals surface area contributed by atoms with Crippen LogP contribution in [0.1, 0.15) is 65.4 Å². The average Bonchev–Trinajstić information content (AvgIpc) is 3.10. The highest BCUT2D eigenvalue weighted by Crippen LogP contribution is 2.68. The third-order valence-corrected chi connectivity index (χ3v) is 9.52.